The van der Waals surface area contributed by atoms with E-state index in [0.29, 0.717) is 38.2 Å². The predicted molar refractivity (Wildman–Crippen MR) is 112 cm³/mol. The molecule has 2 atom stereocenters. The van der Waals surface area contributed by atoms with Gasteiger partial charge in [-0.3, -0.25) is 9.59 Å². The summed E-state index contributed by atoms with van der Waals surface area (Å²) in [7, 11) is 1.80. The normalized spacial score (nSPS) is 21.1. The summed E-state index contributed by atoms with van der Waals surface area (Å²) in [6, 6.07) is 6.77. The molecule has 28 heavy (non-hydrogen) atoms. The lowest BCUT2D eigenvalue weighted by molar-refractivity contribution is -0.140. The molecule has 2 aliphatic rings. The van der Waals surface area contributed by atoms with Crippen molar-refractivity contribution in [1.82, 2.24) is 15.1 Å². The monoisotopic (exact) mass is 409 g/mol. The van der Waals surface area contributed by atoms with Gasteiger partial charge in [0, 0.05) is 38.6 Å². The van der Waals surface area contributed by atoms with Gasteiger partial charge in [0.1, 0.15) is 5.75 Å². The minimum atomic E-state index is -0.00681. The molecule has 0 aliphatic carbocycles. The molecule has 0 spiro atoms. The van der Waals surface area contributed by atoms with Crippen LogP contribution in [0.2, 0.25) is 0 Å². The first kappa shape index (κ1) is 22.5. The zero-order valence-electron chi connectivity index (χ0n) is 17.1. The fourth-order valence-electron chi connectivity index (χ4n) is 3.92. The molecule has 0 aromatic heterocycles. The molecular formula is C21H32ClN3O3. The van der Waals surface area contributed by atoms with E-state index in [9.17, 15) is 9.59 Å². The fourth-order valence-corrected chi connectivity index (χ4v) is 3.92. The molecule has 2 bridgehead atoms. The van der Waals surface area contributed by atoms with E-state index in [-0.39, 0.29) is 30.8 Å². The van der Waals surface area contributed by atoms with Gasteiger partial charge in [0.15, 0.2) is 0 Å². The van der Waals surface area contributed by atoms with Crippen LogP contribution in [-0.2, 0) is 9.59 Å². The standard InChI is InChI=1S/C21H31N3O3.ClH/c1-15-5-8-19(16(2)11-15)27-10-4-9-23(3)21(26)14-24-13-18-7-6-17(22-18)12-20(24)25;/h5,8,11,17-18,22H,4,6-7,9-10,12-14H2,1-3H3;1H/t17-,18+;/m1./s1. The maximum atomic E-state index is 12.5. The van der Waals surface area contributed by atoms with E-state index in [2.05, 4.69) is 18.3 Å². The Hall–Kier alpha value is -1.79. The average molecular weight is 410 g/mol. The van der Waals surface area contributed by atoms with Crippen molar-refractivity contribution < 1.29 is 14.3 Å². The second kappa shape index (κ2) is 10.1. The Morgan fingerprint density at radius 1 is 1.29 bits per heavy atom. The Bertz CT molecular complexity index is 697. The van der Waals surface area contributed by atoms with Crippen LogP contribution in [0, 0.1) is 13.8 Å². The van der Waals surface area contributed by atoms with E-state index >= 15 is 0 Å². The number of carbonyl (C=O) groups excluding carboxylic acids is 2. The first-order valence-electron chi connectivity index (χ1n) is 9.90. The summed E-state index contributed by atoms with van der Waals surface area (Å²) < 4.78 is 5.83. The predicted octanol–water partition coefficient (Wildman–Crippen LogP) is 2.31. The molecule has 156 valence electrons. The Morgan fingerprint density at radius 2 is 2.04 bits per heavy atom. The van der Waals surface area contributed by atoms with Crippen molar-refractivity contribution in [2.75, 3.05) is 33.3 Å². The smallest absolute Gasteiger partial charge is 0.241 e. The number of rotatable bonds is 7. The molecule has 2 amide bonds. The Labute approximate surface area is 174 Å². The molecule has 2 aliphatic heterocycles. The van der Waals surface area contributed by atoms with Crippen molar-refractivity contribution >= 4 is 24.2 Å². The molecule has 6 nitrogen and oxygen atoms in total. The number of carbonyl (C=O) groups is 2. The molecule has 7 heteroatoms. The highest BCUT2D eigenvalue weighted by atomic mass is 35.5. The van der Waals surface area contributed by atoms with Gasteiger partial charge in [-0.2, -0.15) is 0 Å². The average Bonchev–Trinajstić information content (AvgIpc) is 2.99. The Balaban J connectivity index is 0.00000280. The number of hydrogen-bond donors (Lipinski definition) is 1. The zero-order valence-corrected chi connectivity index (χ0v) is 17.9. The first-order valence-corrected chi connectivity index (χ1v) is 9.90. The van der Waals surface area contributed by atoms with Crippen molar-refractivity contribution in [1.29, 1.82) is 0 Å². The minimum absolute atomic E-state index is 0. The van der Waals surface area contributed by atoms with Crippen LogP contribution in [0.1, 0.15) is 36.8 Å². The van der Waals surface area contributed by atoms with Crippen molar-refractivity contribution in [2.24, 2.45) is 0 Å². The second-order valence-electron chi connectivity index (χ2n) is 7.90. The van der Waals surface area contributed by atoms with Crippen LogP contribution in [0.3, 0.4) is 0 Å². The number of likely N-dealkylation sites (tertiary alicyclic amines) is 1. The molecule has 3 rings (SSSR count). The Morgan fingerprint density at radius 3 is 2.79 bits per heavy atom. The van der Waals surface area contributed by atoms with Gasteiger partial charge in [-0.15, -0.1) is 12.4 Å². The maximum Gasteiger partial charge on any atom is 0.241 e. The lowest BCUT2D eigenvalue weighted by atomic mass is 10.1. The first-order chi connectivity index (χ1) is 12.9. The molecule has 2 saturated heterocycles. The number of nitrogens with one attached hydrogen (secondary N) is 1. The van der Waals surface area contributed by atoms with E-state index in [1.165, 1.54) is 5.56 Å². The topological polar surface area (TPSA) is 61.9 Å². The van der Waals surface area contributed by atoms with Crippen LogP contribution >= 0.6 is 12.4 Å². The van der Waals surface area contributed by atoms with Crippen LogP contribution < -0.4 is 10.1 Å². The zero-order chi connectivity index (χ0) is 19.4. The molecular weight excluding hydrogens is 378 g/mol. The van der Waals surface area contributed by atoms with Crippen LogP contribution in [-0.4, -0.2) is 67.0 Å². The van der Waals surface area contributed by atoms with Gasteiger partial charge in [0.25, 0.3) is 0 Å². The van der Waals surface area contributed by atoms with Gasteiger partial charge in [0.2, 0.25) is 11.8 Å². The van der Waals surface area contributed by atoms with Crippen molar-refractivity contribution in [3.8, 4) is 5.75 Å². The van der Waals surface area contributed by atoms with Crippen molar-refractivity contribution in [2.45, 2.75) is 51.6 Å². The van der Waals surface area contributed by atoms with Crippen LogP contribution in [0.25, 0.3) is 0 Å². The van der Waals surface area contributed by atoms with Crippen LogP contribution in [0.15, 0.2) is 18.2 Å². The molecule has 2 heterocycles. The third-order valence-electron chi connectivity index (χ3n) is 5.53. The van der Waals surface area contributed by atoms with Crippen LogP contribution in [0.4, 0.5) is 0 Å². The van der Waals surface area contributed by atoms with Gasteiger partial charge in [-0.25, -0.2) is 0 Å². The number of halogens is 1. The quantitative estimate of drug-likeness (QED) is 0.702. The number of hydrogen-bond acceptors (Lipinski definition) is 4. The summed E-state index contributed by atoms with van der Waals surface area (Å²) in [6.45, 7) is 6.11. The minimum Gasteiger partial charge on any atom is -0.493 e. The Kier molecular flexibility index (Phi) is 8.13. The highest BCUT2D eigenvalue weighted by molar-refractivity contribution is 5.85. The van der Waals surface area contributed by atoms with Crippen LogP contribution in [0.5, 0.6) is 5.75 Å². The molecule has 0 saturated carbocycles. The summed E-state index contributed by atoms with van der Waals surface area (Å²) in [5.74, 6) is 0.981. The van der Waals surface area contributed by atoms with Gasteiger partial charge >= 0.3 is 0 Å². The summed E-state index contributed by atoms with van der Waals surface area (Å²) >= 11 is 0. The van der Waals surface area contributed by atoms with E-state index in [1.807, 2.05) is 19.1 Å². The molecule has 1 aromatic rings. The van der Waals surface area contributed by atoms with Gasteiger partial charge in [0.05, 0.1) is 13.2 Å². The molecule has 1 aromatic carbocycles. The molecule has 1 N–H and O–H groups in total. The largest absolute Gasteiger partial charge is 0.493 e. The number of likely N-dealkylation sites (N-methyl/N-ethyl adjacent to an activating group) is 1. The maximum absolute atomic E-state index is 12.5. The second-order valence-corrected chi connectivity index (χ2v) is 7.90. The lowest BCUT2D eigenvalue weighted by Gasteiger charge is -2.26. The third-order valence-corrected chi connectivity index (χ3v) is 5.53. The number of ether oxygens (including phenoxy) is 1. The summed E-state index contributed by atoms with van der Waals surface area (Å²) in [5, 5.41) is 3.48. The number of aryl methyl sites for hydroxylation is 2. The molecule has 0 unspecified atom stereocenters. The highest BCUT2D eigenvalue weighted by Crippen LogP contribution is 2.21. The van der Waals surface area contributed by atoms with Gasteiger partial charge in [-0.05, 0) is 44.7 Å². The lowest BCUT2D eigenvalue weighted by Crippen LogP contribution is -2.44. The third kappa shape index (κ3) is 5.85. The summed E-state index contributed by atoms with van der Waals surface area (Å²) in [4.78, 5) is 28.3. The van der Waals surface area contributed by atoms with Gasteiger partial charge in [-0.1, -0.05) is 17.7 Å². The summed E-state index contributed by atoms with van der Waals surface area (Å²) in [6.07, 6.45) is 3.43. The van der Waals surface area contributed by atoms with Crippen molar-refractivity contribution in [3.05, 3.63) is 29.3 Å². The van der Waals surface area contributed by atoms with E-state index < -0.39 is 0 Å². The molecule has 2 fully saturated rings. The number of benzene rings is 1. The van der Waals surface area contributed by atoms with E-state index in [1.54, 1.807) is 16.8 Å². The van der Waals surface area contributed by atoms with Gasteiger partial charge < -0.3 is 19.9 Å². The SMILES string of the molecule is Cc1ccc(OCCCN(C)C(=O)CN2C[C@@H]3CC[C@H](CC2=O)N3)c(C)c1.Cl. The van der Waals surface area contributed by atoms with E-state index in [4.69, 9.17) is 4.74 Å². The fraction of sp³-hybridized carbons (Fsp3) is 0.619. The van der Waals surface area contributed by atoms with Crippen molar-refractivity contribution in [3.63, 3.8) is 0 Å². The highest BCUT2D eigenvalue weighted by Gasteiger charge is 2.34. The summed E-state index contributed by atoms with van der Waals surface area (Å²) in [5.41, 5.74) is 2.35. The number of amides is 2. The number of fused-ring (bicyclic) bond motifs is 2. The number of nitrogens with zero attached hydrogens (tertiary/aromatic N) is 2. The van der Waals surface area contributed by atoms with E-state index in [0.717, 1.165) is 30.6 Å². The molecule has 0 radical (unpaired) electrons.